The van der Waals surface area contributed by atoms with Crippen molar-refractivity contribution in [1.29, 1.82) is 0 Å². The van der Waals surface area contributed by atoms with Crippen LogP contribution in [0.15, 0.2) is 6.07 Å². The Labute approximate surface area is 92.9 Å². The molecule has 0 aromatic heterocycles. The largest absolute Gasteiger partial charge is 0.492 e. The van der Waals surface area contributed by atoms with Gasteiger partial charge in [-0.2, -0.15) is 0 Å². The molecular formula is C10H13ClFNO2. The summed E-state index contributed by atoms with van der Waals surface area (Å²) in [4.78, 5) is 0. The lowest BCUT2D eigenvalue weighted by atomic mass is 10.1. The Morgan fingerprint density at radius 1 is 1.33 bits per heavy atom. The zero-order valence-electron chi connectivity index (χ0n) is 8.80. The summed E-state index contributed by atoms with van der Waals surface area (Å²) in [7, 11) is 2.78. The standard InChI is InChI=1S/C10H13ClFNO2/c1-5(13)6-4-7(11)8(12)10(15-3)9(6)14-2/h4-5H,13H2,1-3H3. The number of hydrogen-bond donors (Lipinski definition) is 1. The quantitative estimate of drug-likeness (QED) is 0.873. The van der Waals surface area contributed by atoms with E-state index in [0.717, 1.165) is 0 Å². The highest BCUT2D eigenvalue weighted by molar-refractivity contribution is 6.31. The molecule has 0 spiro atoms. The molecular weight excluding hydrogens is 221 g/mol. The van der Waals surface area contributed by atoms with E-state index >= 15 is 0 Å². The molecule has 0 bridgehead atoms. The molecule has 84 valence electrons. The van der Waals surface area contributed by atoms with Gasteiger partial charge in [-0.3, -0.25) is 0 Å². The van der Waals surface area contributed by atoms with Crippen molar-refractivity contribution in [3.05, 3.63) is 22.5 Å². The van der Waals surface area contributed by atoms with Gasteiger partial charge in [0.25, 0.3) is 0 Å². The fraction of sp³-hybridized carbons (Fsp3) is 0.400. The molecule has 0 amide bonds. The van der Waals surface area contributed by atoms with E-state index in [9.17, 15) is 4.39 Å². The molecule has 1 rings (SSSR count). The maximum absolute atomic E-state index is 13.5. The van der Waals surface area contributed by atoms with Gasteiger partial charge in [0.1, 0.15) is 0 Å². The third kappa shape index (κ3) is 2.16. The van der Waals surface area contributed by atoms with Crippen LogP contribution in [0.4, 0.5) is 4.39 Å². The van der Waals surface area contributed by atoms with E-state index in [1.807, 2.05) is 0 Å². The van der Waals surface area contributed by atoms with E-state index in [1.165, 1.54) is 20.3 Å². The van der Waals surface area contributed by atoms with Crippen LogP contribution in [0.1, 0.15) is 18.5 Å². The molecule has 0 saturated heterocycles. The molecule has 0 aliphatic heterocycles. The normalized spacial score (nSPS) is 12.4. The highest BCUT2D eigenvalue weighted by Gasteiger charge is 2.20. The lowest BCUT2D eigenvalue weighted by Gasteiger charge is -2.16. The van der Waals surface area contributed by atoms with Crippen LogP contribution in [-0.4, -0.2) is 14.2 Å². The number of hydrogen-bond acceptors (Lipinski definition) is 3. The molecule has 2 N–H and O–H groups in total. The van der Waals surface area contributed by atoms with Gasteiger partial charge in [0.15, 0.2) is 17.3 Å². The van der Waals surface area contributed by atoms with Crippen molar-refractivity contribution in [2.24, 2.45) is 5.73 Å². The molecule has 3 nitrogen and oxygen atoms in total. The first-order valence-electron chi connectivity index (χ1n) is 4.38. The van der Waals surface area contributed by atoms with Crippen molar-refractivity contribution in [1.82, 2.24) is 0 Å². The van der Waals surface area contributed by atoms with Gasteiger partial charge in [0, 0.05) is 11.6 Å². The molecule has 1 atom stereocenters. The van der Waals surface area contributed by atoms with Crippen LogP contribution in [0.2, 0.25) is 5.02 Å². The Morgan fingerprint density at radius 2 is 1.87 bits per heavy atom. The third-order valence-electron chi connectivity index (χ3n) is 2.06. The van der Waals surface area contributed by atoms with Crippen molar-refractivity contribution in [2.75, 3.05) is 14.2 Å². The Kier molecular flexibility index (Phi) is 3.77. The van der Waals surface area contributed by atoms with Gasteiger partial charge in [-0.1, -0.05) is 11.6 Å². The smallest absolute Gasteiger partial charge is 0.198 e. The molecule has 0 heterocycles. The van der Waals surface area contributed by atoms with E-state index < -0.39 is 5.82 Å². The molecule has 0 saturated carbocycles. The van der Waals surface area contributed by atoms with Crippen LogP contribution in [0.3, 0.4) is 0 Å². The van der Waals surface area contributed by atoms with Crippen LogP contribution < -0.4 is 15.2 Å². The number of benzene rings is 1. The first-order chi connectivity index (χ1) is 7.02. The molecule has 5 heteroatoms. The van der Waals surface area contributed by atoms with Gasteiger partial charge in [-0.05, 0) is 13.0 Å². The van der Waals surface area contributed by atoms with Crippen molar-refractivity contribution in [3.8, 4) is 11.5 Å². The number of rotatable bonds is 3. The summed E-state index contributed by atoms with van der Waals surface area (Å²) >= 11 is 5.70. The minimum Gasteiger partial charge on any atom is -0.492 e. The second-order valence-corrected chi connectivity index (χ2v) is 3.52. The van der Waals surface area contributed by atoms with Crippen LogP contribution in [-0.2, 0) is 0 Å². The second-order valence-electron chi connectivity index (χ2n) is 3.12. The molecule has 0 fully saturated rings. The summed E-state index contributed by atoms with van der Waals surface area (Å²) in [5, 5.41) is -0.0278. The Bertz CT molecular complexity index is 369. The first-order valence-corrected chi connectivity index (χ1v) is 4.76. The maximum Gasteiger partial charge on any atom is 0.198 e. The van der Waals surface area contributed by atoms with Crippen LogP contribution in [0, 0.1) is 5.82 Å². The topological polar surface area (TPSA) is 44.5 Å². The van der Waals surface area contributed by atoms with E-state index in [2.05, 4.69) is 0 Å². The number of methoxy groups -OCH3 is 2. The minimum atomic E-state index is -0.639. The van der Waals surface area contributed by atoms with Gasteiger partial charge in [-0.15, -0.1) is 0 Å². The van der Waals surface area contributed by atoms with Crippen LogP contribution in [0.25, 0.3) is 0 Å². The molecule has 0 aliphatic carbocycles. The minimum absolute atomic E-state index is 0.0164. The molecule has 1 aromatic rings. The van der Waals surface area contributed by atoms with Crippen molar-refractivity contribution in [2.45, 2.75) is 13.0 Å². The van der Waals surface area contributed by atoms with Gasteiger partial charge < -0.3 is 15.2 Å². The Balaban J connectivity index is 3.47. The summed E-state index contributed by atoms with van der Waals surface area (Å²) in [6, 6.07) is 1.13. The Morgan fingerprint density at radius 3 is 2.27 bits per heavy atom. The summed E-state index contributed by atoms with van der Waals surface area (Å²) < 4.78 is 23.5. The molecule has 1 aromatic carbocycles. The van der Waals surface area contributed by atoms with Crippen molar-refractivity contribution in [3.63, 3.8) is 0 Å². The fourth-order valence-electron chi connectivity index (χ4n) is 1.34. The number of nitrogens with two attached hydrogens (primary N) is 1. The van der Waals surface area contributed by atoms with Gasteiger partial charge in [0.05, 0.1) is 19.2 Å². The van der Waals surface area contributed by atoms with E-state index in [4.69, 9.17) is 26.8 Å². The van der Waals surface area contributed by atoms with Crippen LogP contribution in [0.5, 0.6) is 11.5 Å². The SMILES string of the molecule is COc1c(C(C)N)cc(Cl)c(F)c1OC. The van der Waals surface area contributed by atoms with Gasteiger partial charge >= 0.3 is 0 Å². The van der Waals surface area contributed by atoms with Gasteiger partial charge in [0.2, 0.25) is 0 Å². The number of halogens is 2. The molecule has 0 radical (unpaired) electrons. The summed E-state index contributed by atoms with van der Waals surface area (Å²) in [6.07, 6.45) is 0. The zero-order valence-corrected chi connectivity index (χ0v) is 9.56. The van der Waals surface area contributed by atoms with E-state index in [-0.39, 0.29) is 22.6 Å². The van der Waals surface area contributed by atoms with E-state index in [0.29, 0.717) is 5.56 Å². The maximum atomic E-state index is 13.5. The molecule has 15 heavy (non-hydrogen) atoms. The second kappa shape index (κ2) is 4.68. The zero-order chi connectivity index (χ0) is 11.6. The lowest BCUT2D eigenvalue weighted by molar-refractivity contribution is 0.333. The predicted octanol–water partition coefficient (Wildman–Crippen LogP) is 2.52. The average Bonchev–Trinajstić information content (AvgIpc) is 2.20. The molecule has 1 unspecified atom stereocenters. The van der Waals surface area contributed by atoms with E-state index in [1.54, 1.807) is 6.92 Å². The number of ether oxygens (including phenoxy) is 2. The van der Waals surface area contributed by atoms with Crippen LogP contribution >= 0.6 is 11.6 Å². The monoisotopic (exact) mass is 233 g/mol. The van der Waals surface area contributed by atoms with Crippen molar-refractivity contribution < 1.29 is 13.9 Å². The average molecular weight is 234 g/mol. The Hall–Kier alpha value is -1.00. The van der Waals surface area contributed by atoms with Gasteiger partial charge in [-0.25, -0.2) is 4.39 Å². The first kappa shape index (κ1) is 12.1. The van der Waals surface area contributed by atoms with Crippen molar-refractivity contribution >= 4 is 11.6 Å². The fourth-order valence-corrected chi connectivity index (χ4v) is 1.54. The summed E-state index contributed by atoms with van der Waals surface area (Å²) in [5.74, 6) is -0.368. The third-order valence-corrected chi connectivity index (χ3v) is 2.33. The summed E-state index contributed by atoms with van der Waals surface area (Å²) in [6.45, 7) is 1.76. The highest BCUT2D eigenvalue weighted by atomic mass is 35.5. The lowest BCUT2D eigenvalue weighted by Crippen LogP contribution is -2.09. The molecule has 0 aliphatic rings. The summed E-state index contributed by atoms with van der Waals surface area (Å²) in [5.41, 5.74) is 6.33. The predicted molar refractivity (Wildman–Crippen MR) is 57.1 cm³/mol. The highest BCUT2D eigenvalue weighted by Crippen LogP contribution is 2.39.